The van der Waals surface area contributed by atoms with E-state index < -0.39 is 0 Å². The molecule has 2 aromatic carbocycles. The van der Waals surface area contributed by atoms with Crippen molar-refractivity contribution >= 4 is 23.5 Å². The van der Waals surface area contributed by atoms with Gasteiger partial charge in [0.15, 0.2) is 0 Å². The summed E-state index contributed by atoms with van der Waals surface area (Å²) in [5, 5.41) is 0.750. The number of unbranched alkanes of at least 4 members (excludes halogenated alkanes) is 3. The molecule has 110 valence electrons. The first-order valence-corrected chi connectivity index (χ1v) is 8.04. The summed E-state index contributed by atoms with van der Waals surface area (Å²) < 4.78 is 0. The molecule has 0 radical (unpaired) electrons. The zero-order valence-corrected chi connectivity index (χ0v) is 13.3. The quantitative estimate of drug-likeness (QED) is 0.425. The van der Waals surface area contributed by atoms with Gasteiger partial charge in [-0.15, -0.1) is 0 Å². The third-order valence-electron chi connectivity index (χ3n) is 3.49. The van der Waals surface area contributed by atoms with Gasteiger partial charge in [-0.05, 0) is 48.2 Å². The molecule has 0 saturated heterocycles. The Morgan fingerprint density at radius 3 is 2.29 bits per heavy atom. The van der Waals surface area contributed by atoms with Crippen LogP contribution in [-0.2, 0) is 6.42 Å². The molecule has 1 nitrogen and oxygen atoms in total. The molecule has 21 heavy (non-hydrogen) atoms. The second-order valence-corrected chi connectivity index (χ2v) is 5.72. The number of aryl methyl sites for hydroxylation is 1. The molecule has 0 unspecified atom stereocenters. The van der Waals surface area contributed by atoms with Crippen molar-refractivity contribution in [2.45, 2.75) is 39.0 Å². The molecule has 0 atom stereocenters. The van der Waals surface area contributed by atoms with Gasteiger partial charge in [0.05, 0.1) is 5.69 Å². The van der Waals surface area contributed by atoms with Gasteiger partial charge in [0, 0.05) is 11.2 Å². The minimum atomic E-state index is 0.750. The van der Waals surface area contributed by atoms with E-state index in [-0.39, 0.29) is 0 Å². The highest BCUT2D eigenvalue weighted by Gasteiger charge is 1.95. The molecule has 0 N–H and O–H groups in total. The molecule has 0 amide bonds. The maximum Gasteiger partial charge on any atom is 0.0630 e. The topological polar surface area (TPSA) is 12.4 Å². The van der Waals surface area contributed by atoms with Crippen LogP contribution < -0.4 is 0 Å². The molecule has 2 rings (SSSR count). The van der Waals surface area contributed by atoms with Crippen LogP contribution in [0.2, 0.25) is 5.02 Å². The lowest BCUT2D eigenvalue weighted by atomic mass is 10.1. The summed E-state index contributed by atoms with van der Waals surface area (Å²) in [7, 11) is 0. The molecule has 0 fully saturated rings. The van der Waals surface area contributed by atoms with Crippen molar-refractivity contribution in [3.05, 3.63) is 64.7 Å². The fourth-order valence-corrected chi connectivity index (χ4v) is 2.33. The second-order valence-electron chi connectivity index (χ2n) is 5.29. The number of aliphatic imine (C=N–C) groups is 1. The molecule has 0 aliphatic heterocycles. The zero-order valence-electron chi connectivity index (χ0n) is 12.6. The lowest BCUT2D eigenvalue weighted by Gasteiger charge is -2.02. The first-order chi connectivity index (χ1) is 10.3. The van der Waals surface area contributed by atoms with E-state index in [1.54, 1.807) is 0 Å². The summed E-state index contributed by atoms with van der Waals surface area (Å²) in [6.45, 7) is 2.24. The molecule has 0 bridgehead atoms. The Morgan fingerprint density at radius 2 is 1.62 bits per heavy atom. The molecule has 2 aromatic rings. The van der Waals surface area contributed by atoms with Crippen molar-refractivity contribution in [3.63, 3.8) is 0 Å². The third kappa shape index (κ3) is 5.73. The van der Waals surface area contributed by atoms with Gasteiger partial charge in [0.2, 0.25) is 0 Å². The van der Waals surface area contributed by atoms with Crippen LogP contribution in [0.5, 0.6) is 0 Å². The van der Waals surface area contributed by atoms with Gasteiger partial charge < -0.3 is 0 Å². The Kier molecular flexibility index (Phi) is 6.49. The van der Waals surface area contributed by atoms with Gasteiger partial charge in [0.1, 0.15) is 0 Å². The fraction of sp³-hybridized carbons (Fsp3) is 0.316. The summed E-state index contributed by atoms with van der Waals surface area (Å²) in [5.41, 5.74) is 3.45. The van der Waals surface area contributed by atoms with Crippen molar-refractivity contribution in [3.8, 4) is 0 Å². The lowest BCUT2D eigenvalue weighted by Crippen LogP contribution is -1.85. The summed E-state index contributed by atoms with van der Waals surface area (Å²) >= 11 is 5.86. The normalized spacial score (nSPS) is 11.1. The number of rotatable bonds is 7. The Morgan fingerprint density at radius 1 is 0.905 bits per heavy atom. The molecule has 0 aromatic heterocycles. The van der Waals surface area contributed by atoms with Gasteiger partial charge >= 0.3 is 0 Å². The zero-order chi connectivity index (χ0) is 14.9. The molecule has 0 heterocycles. The van der Waals surface area contributed by atoms with Crippen molar-refractivity contribution < 1.29 is 0 Å². The number of halogens is 1. The second kappa shape index (κ2) is 8.63. The minimum absolute atomic E-state index is 0.750. The lowest BCUT2D eigenvalue weighted by molar-refractivity contribution is 0.667. The molecule has 0 spiro atoms. The van der Waals surface area contributed by atoms with Crippen LogP contribution in [0, 0.1) is 0 Å². The number of hydrogen-bond acceptors (Lipinski definition) is 1. The summed E-state index contributed by atoms with van der Waals surface area (Å²) in [6.07, 6.45) is 8.27. The van der Waals surface area contributed by atoms with Crippen LogP contribution in [0.15, 0.2) is 53.5 Å². The van der Waals surface area contributed by atoms with Gasteiger partial charge in [0.25, 0.3) is 0 Å². The summed E-state index contributed by atoms with van der Waals surface area (Å²) in [4.78, 5) is 4.49. The molecule has 0 aliphatic carbocycles. The highest BCUT2D eigenvalue weighted by Crippen LogP contribution is 2.16. The van der Waals surface area contributed by atoms with Crippen LogP contribution in [0.25, 0.3) is 0 Å². The van der Waals surface area contributed by atoms with Gasteiger partial charge in [-0.1, -0.05) is 62.1 Å². The predicted octanol–water partition coefficient (Wildman–Crippen LogP) is 6.21. The number of hydrogen-bond donors (Lipinski definition) is 0. The molecule has 2 heteroatoms. The van der Waals surface area contributed by atoms with Crippen LogP contribution >= 0.6 is 11.6 Å². The molecule has 0 aliphatic rings. The average Bonchev–Trinajstić information content (AvgIpc) is 2.52. The van der Waals surface area contributed by atoms with E-state index in [9.17, 15) is 0 Å². The van der Waals surface area contributed by atoms with Crippen LogP contribution in [0.4, 0.5) is 5.69 Å². The Labute approximate surface area is 132 Å². The Balaban J connectivity index is 1.88. The van der Waals surface area contributed by atoms with Crippen molar-refractivity contribution in [2.24, 2.45) is 4.99 Å². The van der Waals surface area contributed by atoms with Crippen LogP contribution in [-0.4, -0.2) is 6.21 Å². The van der Waals surface area contributed by atoms with E-state index in [2.05, 4.69) is 36.2 Å². The Bertz CT molecular complexity index is 555. The summed E-state index contributed by atoms with van der Waals surface area (Å²) in [5.74, 6) is 0. The standard InChI is InChI=1S/C19H22ClN/c1-2-3-4-5-6-16-9-13-19(14-10-16)21-15-17-7-11-18(20)12-8-17/h7-15H,2-6H2,1H3. The van der Waals surface area contributed by atoms with Crippen LogP contribution in [0.1, 0.15) is 43.7 Å². The predicted molar refractivity (Wildman–Crippen MR) is 93.0 cm³/mol. The first kappa shape index (κ1) is 15.8. The highest BCUT2D eigenvalue weighted by molar-refractivity contribution is 6.30. The van der Waals surface area contributed by atoms with Gasteiger partial charge in [-0.25, -0.2) is 0 Å². The van der Waals surface area contributed by atoms with Gasteiger partial charge in [-0.2, -0.15) is 0 Å². The minimum Gasteiger partial charge on any atom is -0.256 e. The molecular weight excluding hydrogens is 278 g/mol. The maximum atomic E-state index is 5.86. The van der Waals surface area contributed by atoms with E-state index in [0.29, 0.717) is 0 Å². The van der Waals surface area contributed by atoms with Crippen molar-refractivity contribution in [1.82, 2.24) is 0 Å². The smallest absolute Gasteiger partial charge is 0.0630 e. The number of benzene rings is 2. The van der Waals surface area contributed by atoms with E-state index in [1.807, 2.05) is 30.5 Å². The van der Waals surface area contributed by atoms with E-state index >= 15 is 0 Å². The fourth-order valence-electron chi connectivity index (χ4n) is 2.20. The van der Waals surface area contributed by atoms with Crippen molar-refractivity contribution in [2.75, 3.05) is 0 Å². The third-order valence-corrected chi connectivity index (χ3v) is 3.74. The van der Waals surface area contributed by atoms with E-state index in [4.69, 9.17) is 11.6 Å². The molecule has 0 saturated carbocycles. The van der Waals surface area contributed by atoms with Crippen LogP contribution in [0.3, 0.4) is 0 Å². The average molecular weight is 300 g/mol. The first-order valence-electron chi connectivity index (χ1n) is 7.66. The van der Waals surface area contributed by atoms with E-state index in [1.165, 1.54) is 37.7 Å². The van der Waals surface area contributed by atoms with Crippen molar-refractivity contribution in [1.29, 1.82) is 0 Å². The monoisotopic (exact) mass is 299 g/mol. The van der Waals surface area contributed by atoms with Gasteiger partial charge in [-0.3, -0.25) is 4.99 Å². The highest BCUT2D eigenvalue weighted by atomic mass is 35.5. The largest absolute Gasteiger partial charge is 0.256 e. The number of nitrogens with zero attached hydrogens (tertiary/aromatic N) is 1. The van der Waals surface area contributed by atoms with E-state index in [0.717, 1.165) is 16.3 Å². The Hall–Kier alpha value is -1.60. The SMILES string of the molecule is CCCCCCc1ccc(N=Cc2ccc(Cl)cc2)cc1. The molecular formula is C19H22ClN. The summed E-state index contributed by atoms with van der Waals surface area (Å²) in [6, 6.07) is 16.2. The maximum absolute atomic E-state index is 5.86.